The van der Waals surface area contributed by atoms with Crippen LogP contribution in [0.1, 0.15) is 11.1 Å². The summed E-state index contributed by atoms with van der Waals surface area (Å²) in [6, 6.07) is 8.10. The number of nitrogens with zero attached hydrogens (tertiary/aromatic N) is 1. The largest absolute Gasteiger partial charge is 0.478 e. The molecule has 6 heteroatoms. The summed E-state index contributed by atoms with van der Waals surface area (Å²) in [4.78, 5) is 11.1. The summed E-state index contributed by atoms with van der Waals surface area (Å²) < 4.78 is 24.9. The van der Waals surface area contributed by atoms with E-state index in [2.05, 4.69) is 5.16 Å². The van der Waals surface area contributed by atoms with Crippen molar-refractivity contribution < 1.29 is 23.6 Å². The molecule has 116 valence electrons. The van der Waals surface area contributed by atoms with Gasteiger partial charge in [-0.25, -0.2) is 9.18 Å². The van der Waals surface area contributed by atoms with Crippen molar-refractivity contribution in [2.24, 2.45) is 0 Å². The maximum atomic E-state index is 14.0. The molecule has 1 aliphatic heterocycles. The SMILES string of the molecule is Cc1c2c(cc3c(-c4ccccc4F)noc13)CC(C(=O)O)O2. The molecular weight excluding hydrogens is 301 g/mol. The number of halogens is 1. The van der Waals surface area contributed by atoms with Crippen molar-refractivity contribution in [3.05, 3.63) is 47.3 Å². The van der Waals surface area contributed by atoms with Crippen LogP contribution in [0.4, 0.5) is 4.39 Å². The molecule has 1 N–H and O–H groups in total. The van der Waals surface area contributed by atoms with Crippen molar-refractivity contribution in [2.75, 3.05) is 0 Å². The molecule has 0 radical (unpaired) electrons. The number of carboxylic acids is 1. The summed E-state index contributed by atoms with van der Waals surface area (Å²) >= 11 is 0. The van der Waals surface area contributed by atoms with Crippen LogP contribution < -0.4 is 4.74 Å². The minimum absolute atomic E-state index is 0.267. The van der Waals surface area contributed by atoms with E-state index in [0.717, 1.165) is 5.56 Å². The average Bonchev–Trinajstić information content (AvgIpc) is 3.13. The number of aliphatic carboxylic acids is 1. The highest BCUT2D eigenvalue weighted by molar-refractivity contribution is 5.95. The van der Waals surface area contributed by atoms with Crippen LogP contribution in [0.25, 0.3) is 22.2 Å². The Bertz CT molecular complexity index is 947. The van der Waals surface area contributed by atoms with E-state index in [1.807, 2.05) is 0 Å². The number of hydrogen-bond donors (Lipinski definition) is 1. The van der Waals surface area contributed by atoms with Crippen LogP contribution in [0.5, 0.6) is 5.75 Å². The average molecular weight is 313 g/mol. The summed E-state index contributed by atoms with van der Waals surface area (Å²) in [5.74, 6) is -0.883. The Morgan fingerprint density at radius 1 is 1.39 bits per heavy atom. The van der Waals surface area contributed by atoms with E-state index < -0.39 is 12.1 Å². The van der Waals surface area contributed by atoms with Gasteiger partial charge in [0.15, 0.2) is 11.7 Å². The van der Waals surface area contributed by atoms with E-state index in [1.165, 1.54) is 6.07 Å². The number of aromatic nitrogens is 1. The number of ether oxygens (including phenoxy) is 1. The Balaban J connectivity index is 1.92. The summed E-state index contributed by atoms with van der Waals surface area (Å²) in [5.41, 5.74) is 2.68. The number of benzene rings is 2. The number of carbonyl (C=O) groups is 1. The molecule has 1 aliphatic rings. The van der Waals surface area contributed by atoms with Crippen molar-refractivity contribution >= 4 is 16.9 Å². The molecule has 0 amide bonds. The molecule has 0 aliphatic carbocycles. The highest BCUT2D eigenvalue weighted by Gasteiger charge is 2.32. The summed E-state index contributed by atoms with van der Waals surface area (Å²) in [7, 11) is 0. The second kappa shape index (κ2) is 4.81. The van der Waals surface area contributed by atoms with Gasteiger partial charge in [-0.1, -0.05) is 17.3 Å². The fourth-order valence-electron chi connectivity index (χ4n) is 2.97. The van der Waals surface area contributed by atoms with Gasteiger partial charge in [0.2, 0.25) is 0 Å². The van der Waals surface area contributed by atoms with Gasteiger partial charge in [-0.05, 0) is 30.7 Å². The summed E-state index contributed by atoms with van der Waals surface area (Å²) in [6.07, 6.45) is -0.636. The van der Waals surface area contributed by atoms with Crippen LogP contribution in [0.2, 0.25) is 0 Å². The molecule has 2 heterocycles. The van der Waals surface area contributed by atoms with Gasteiger partial charge in [0.1, 0.15) is 17.3 Å². The van der Waals surface area contributed by atoms with Crippen molar-refractivity contribution in [1.29, 1.82) is 0 Å². The van der Waals surface area contributed by atoms with Gasteiger partial charge in [0.25, 0.3) is 0 Å². The van der Waals surface area contributed by atoms with Crippen LogP contribution in [-0.2, 0) is 11.2 Å². The fourth-order valence-corrected chi connectivity index (χ4v) is 2.97. The molecule has 0 spiro atoms. The monoisotopic (exact) mass is 313 g/mol. The Hall–Kier alpha value is -2.89. The molecule has 0 saturated heterocycles. The van der Waals surface area contributed by atoms with Crippen LogP contribution in [0.15, 0.2) is 34.9 Å². The molecule has 4 rings (SSSR count). The van der Waals surface area contributed by atoms with E-state index >= 15 is 0 Å². The smallest absolute Gasteiger partial charge is 0.345 e. The van der Waals surface area contributed by atoms with Gasteiger partial charge in [-0.2, -0.15) is 0 Å². The highest BCUT2D eigenvalue weighted by atomic mass is 19.1. The van der Waals surface area contributed by atoms with Gasteiger partial charge in [0.05, 0.1) is 5.39 Å². The first-order valence-corrected chi connectivity index (χ1v) is 7.12. The van der Waals surface area contributed by atoms with Crippen LogP contribution in [0, 0.1) is 12.7 Å². The standard InChI is InChI=1S/C17H12FNO4/c1-8-15-9(7-13(22-15)17(20)21)6-11-14(19-23-16(8)11)10-4-2-3-5-12(10)18/h2-6,13H,7H2,1H3,(H,20,21). The lowest BCUT2D eigenvalue weighted by Crippen LogP contribution is -2.24. The van der Waals surface area contributed by atoms with Crippen LogP contribution in [-0.4, -0.2) is 22.3 Å². The van der Waals surface area contributed by atoms with E-state index in [0.29, 0.717) is 33.5 Å². The predicted molar refractivity (Wildman–Crippen MR) is 79.9 cm³/mol. The number of aryl methyl sites for hydroxylation is 1. The molecule has 3 aromatic rings. The third kappa shape index (κ3) is 1.98. The predicted octanol–water partition coefficient (Wildman–Crippen LogP) is 3.33. The van der Waals surface area contributed by atoms with Gasteiger partial charge in [-0.3, -0.25) is 0 Å². The minimum Gasteiger partial charge on any atom is -0.478 e. The maximum absolute atomic E-state index is 14.0. The topological polar surface area (TPSA) is 72.6 Å². The second-order valence-corrected chi connectivity index (χ2v) is 5.53. The van der Waals surface area contributed by atoms with Crippen molar-refractivity contribution in [3.63, 3.8) is 0 Å². The zero-order valence-electron chi connectivity index (χ0n) is 12.2. The summed E-state index contributed by atoms with van der Waals surface area (Å²) in [5, 5.41) is 13.8. The van der Waals surface area contributed by atoms with Crippen LogP contribution in [0.3, 0.4) is 0 Å². The zero-order chi connectivity index (χ0) is 16.1. The maximum Gasteiger partial charge on any atom is 0.345 e. The van der Waals surface area contributed by atoms with E-state index in [9.17, 15) is 9.18 Å². The molecule has 0 fully saturated rings. The van der Waals surface area contributed by atoms with E-state index in [-0.39, 0.29) is 12.2 Å². The molecule has 1 aromatic heterocycles. The lowest BCUT2D eigenvalue weighted by atomic mass is 10.0. The number of rotatable bonds is 2. The third-order valence-electron chi connectivity index (χ3n) is 4.09. The Morgan fingerprint density at radius 2 is 2.17 bits per heavy atom. The fraction of sp³-hybridized carbons (Fsp3) is 0.176. The van der Waals surface area contributed by atoms with Gasteiger partial charge in [0, 0.05) is 17.5 Å². The normalized spacial score (nSPS) is 16.3. The van der Waals surface area contributed by atoms with Crippen LogP contribution >= 0.6 is 0 Å². The first-order chi connectivity index (χ1) is 11.1. The lowest BCUT2D eigenvalue weighted by Gasteiger charge is -2.06. The summed E-state index contributed by atoms with van der Waals surface area (Å²) in [6.45, 7) is 1.78. The second-order valence-electron chi connectivity index (χ2n) is 5.53. The quantitative estimate of drug-likeness (QED) is 0.785. The highest BCUT2D eigenvalue weighted by Crippen LogP contribution is 2.41. The molecule has 23 heavy (non-hydrogen) atoms. The number of fused-ring (bicyclic) bond motifs is 2. The number of hydrogen-bond acceptors (Lipinski definition) is 4. The zero-order valence-corrected chi connectivity index (χ0v) is 12.2. The van der Waals surface area contributed by atoms with E-state index in [1.54, 1.807) is 31.2 Å². The molecule has 2 aromatic carbocycles. The van der Waals surface area contributed by atoms with E-state index in [4.69, 9.17) is 14.4 Å². The first-order valence-electron chi connectivity index (χ1n) is 7.12. The molecular formula is C17H12FNO4. The Kier molecular flexibility index (Phi) is 2.87. The molecule has 0 saturated carbocycles. The Morgan fingerprint density at radius 3 is 2.91 bits per heavy atom. The Labute approximate surface area is 130 Å². The third-order valence-corrected chi connectivity index (χ3v) is 4.09. The van der Waals surface area contributed by atoms with Gasteiger partial charge >= 0.3 is 5.97 Å². The van der Waals surface area contributed by atoms with Crippen molar-refractivity contribution in [3.8, 4) is 17.0 Å². The van der Waals surface area contributed by atoms with Crippen molar-refractivity contribution in [2.45, 2.75) is 19.4 Å². The molecule has 0 bridgehead atoms. The molecule has 1 atom stereocenters. The minimum atomic E-state index is -1.01. The number of carboxylic acid groups (broad SMARTS) is 1. The van der Waals surface area contributed by atoms with Gasteiger partial charge in [-0.15, -0.1) is 0 Å². The molecule has 5 nitrogen and oxygen atoms in total. The first kappa shape index (κ1) is 13.8. The van der Waals surface area contributed by atoms with Crippen molar-refractivity contribution in [1.82, 2.24) is 5.16 Å². The van der Waals surface area contributed by atoms with Gasteiger partial charge < -0.3 is 14.4 Å². The lowest BCUT2D eigenvalue weighted by molar-refractivity contribution is -0.144. The molecule has 1 unspecified atom stereocenters.